The van der Waals surface area contributed by atoms with Crippen molar-refractivity contribution >= 4 is 11.6 Å². The van der Waals surface area contributed by atoms with Gasteiger partial charge in [0.2, 0.25) is 0 Å². The zero-order chi connectivity index (χ0) is 23.7. The molecule has 3 heterocycles. The normalized spacial score (nSPS) is 13.8. The summed E-state index contributed by atoms with van der Waals surface area (Å²) in [5, 5.41) is 14.4. The Bertz CT molecular complexity index is 1440. The minimum Gasteiger partial charge on any atom is -0.318 e. The Balaban J connectivity index is 1.53. The zero-order valence-electron chi connectivity index (χ0n) is 18.9. The van der Waals surface area contributed by atoms with Crippen LogP contribution in [-0.2, 0) is 13.5 Å². The van der Waals surface area contributed by atoms with Crippen LogP contribution in [0.2, 0.25) is 5.02 Å². The van der Waals surface area contributed by atoms with Crippen LogP contribution in [0.5, 0.6) is 0 Å². The van der Waals surface area contributed by atoms with Gasteiger partial charge < -0.3 is 4.57 Å². The maximum absolute atomic E-state index is 12.5. The first-order valence-electron chi connectivity index (χ1n) is 11.4. The van der Waals surface area contributed by atoms with Gasteiger partial charge in [0.25, 0.3) is 5.56 Å². The molecule has 34 heavy (non-hydrogen) atoms. The fraction of sp³-hybridized carbons (Fsp3) is 0.259. The molecule has 1 aliphatic rings. The summed E-state index contributed by atoms with van der Waals surface area (Å²) >= 11 is 6.20. The SMILES string of the molecule is Cn1cc(-c2cnn(-c3cccc(Cl)c3C#N)c2)c(-c2ccc(CC3CCCC3)nc2)cc1=O. The number of hydrogen-bond acceptors (Lipinski definition) is 4. The lowest BCUT2D eigenvalue weighted by Crippen LogP contribution is -2.15. The highest BCUT2D eigenvalue weighted by Crippen LogP contribution is 2.32. The van der Waals surface area contributed by atoms with E-state index in [9.17, 15) is 10.1 Å². The summed E-state index contributed by atoms with van der Waals surface area (Å²) < 4.78 is 3.19. The topological polar surface area (TPSA) is 76.5 Å². The average molecular weight is 470 g/mol. The summed E-state index contributed by atoms with van der Waals surface area (Å²) in [5.74, 6) is 0.730. The predicted octanol–water partition coefficient (Wildman–Crippen LogP) is 5.56. The molecule has 0 unspecified atom stereocenters. The van der Waals surface area contributed by atoms with E-state index in [0.29, 0.717) is 16.3 Å². The summed E-state index contributed by atoms with van der Waals surface area (Å²) in [4.78, 5) is 17.2. The first kappa shape index (κ1) is 22.1. The number of benzene rings is 1. The second-order valence-corrected chi connectivity index (χ2v) is 9.27. The van der Waals surface area contributed by atoms with E-state index >= 15 is 0 Å². The second kappa shape index (κ2) is 9.28. The third kappa shape index (κ3) is 4.27. The third-order valence-electron chi connectivity index (χ3n) is 6.58. The molecule has 5 rings (SSSR count). The highest BCUT2D eigenvalue weighted by molar-refractivity contribution is 6.32. The van der Waals surface area contributed by atoms with E-state index in [0.717, 1.165) is 40.3 Å². The van der Waals surface area contributed by atoms with Crippen LogP contribution >= 0.6 is 11.6 Å². The molecule has 0 aliphatic heterocycles. The van der Waals surface area contributed by atoms with Gasteiger partial charge in [-0.3, -0.25) is 9.78 Å². The summed E-state index contributed by atoms with van der Waals surface area (Å²) in [6.45, 7) is 0. The lowest BCUT2D eigenvalue weighted by atomic mass is 9.97. The summed E-state index contributed by atoms with van der Waals surface area (Å²) in [6, 6.07) is 13.2. The fourth-order valence-electron chi connectivity index (χ4n) is 4.72. The van der Waals surface area contributed by atoms with Crippen molar-refractivity contribution in [1.82, 2.24) is 19.3 Å². The van der Waals surface area contributed by atoms with Crippen molar-refractivity contribution in [1.29, 1.82) is 5.26 Å². The molecule has 0 saturated heterocycles. The van der Waals surface area contributed by atoms with Gasteiger partial charge in [-0.25, -0.2) is 4.68 Å². The Hall–Kier alpha value is -3.69. The highest BCUT2D eigenvalue weighted by atomic mass is 35.5. The number of pyridine rings is 2. The fourth-order valence-corrected chi connectivity index (χ4v) is 4.93. The summed E-state index contributed by atoms with van der Waals surface area (Å²) in [7, 11) is 1.73. The van der Waals surface area contributed by atoms with Crippen molar-refractivity contribution in [2.45, 2.75) is 32.1 Å². The number of rotatable bonds is 5. The van der Waals surface area contributed by atoms with E-state index < -0.39 is 0 Å². The quantitative estimate of drug-likeness (QED) is 0.383. The number of hydrogen-bond donors (Lipinski definition) is 0. The summed E-state index contributed by atoms with van der Waals surface area (Å²) in [6.07, 6.45) is 13.5. The third-order valence-corrected chi connectivity index (χ3v) is 6.90. The number of nitriles is 1. The van der Waals surface area contributed by atoms with E-state index in [2.05, 4.69) is 17.2 Å². The molecule has 0 radical (unpaired) electrons. The van der Waals surface area contributed by atoms with Crippen molar-refractivity contribution in [2.24, 2.45) is 13.0 Å². The molecular weight excluding hydrogens is 446 g/mol. The molecule has 0 amide bonds. The molecule has 3 aromatic heterocycles. The predicted molar refractivity (Wildman–Crippen MR) is 133 cm³/mol. The molecular formula is C27H24ClN5O. The van der Waals surface area contributed by atoms with E-state index in [1.807, 2.05) is 24.7 Å². The lowest BCUT2D eigenvalue weighted by Gasteiger charge is -2.12. The van der Waals surface area contributed by atoms with Crippen molar-refractivity contribution in [3.8, 4) is 34.0 Å². The van der Waals surface area contributed by atoms with Gasteiger partial charge in [-0.15, -0.1) is 0 Å². The molecule has 170 valence electrons. The standard InChI is InChI=1S/C27H24ClN5O/c1-32-17-24(20-15-31-33(16-20)26-8-4-7-25(28)23(26)13-29)22(12-27(32)34)19-9-10-21(30-14-19)11-18-5-2-3-6-18/h4,7-10,12,14-18H,2-3,5-6,11H2,1H3. The Morgan fingerprint density at radius 2 is 1.91 bits per heavy atom. The minimum atomic E-state index is -0.0946. The van der Waals surface area contributed by atoms with Gasteiger partial charge in [-0.1, -0.05) is 49.4 Å². The van der Waals surface area contributed by atoms with E-state index in [4.69, 9.17) is 16.6 Å². The van der Waals surface area contributed by atoms with Gasteiger partial charge in [0, 0.05) is 54.1 Å². The molecule has 7 heteroatoms. The van der Waals surface area contributed by atoms with Crippen LogP contribution in [0.3, 0.4) is 0 Å². The molecule has 1 saturated carbocycles. The second-order valence-electron chi connectivity index (χ2n) is 8.86. The maximum atomic E-state index is 12.5. The Morgan fingerprint density at radius 1 is 1.09 bits per heavy atom. The van der Waals surface area contributed by atoms with Crippen molar-refractivity contribution in [3.05, 3.63) is 87.8 Å². The number of aryl methyl sites for hydroxylation is 1. The highest BCUT2D eigenvalue weighted by Gasteiger charge is 2.17. The van der Waals surface area contributed by atoms with Crippen molar-refractivity contribution in [2.75, 3.05) is 0 Å². The zero-order valence-corrected chi connectivity index (χ0v) is 19.7. The number of aromatic nitrogens is 4. The first-order valence-corrected chi connectivity index (χ1v) is 11.8. The summed E-state index contributed by atoms with van der Waals surface area (Å²) in [5.41, 5.74) is 5.34. The van der Waals surface area contributed by atoms with Gasteiger partial charge in [-0.05, 0) is 36.1 Å². The van der Waals surface area contributed by atoms with Crippen LogP contribution in [0.25, 0.3) is 27.9 Å². The molecule has 6 nitrogen and oxygen atoms in total. The van der Waals surface area contributed by atoms with Gasteiger partial charge in [-0.2, -0.15) is 10.4 Å². The average Bonchev–Trinajstić information content (AvgIpc) is 3.53. The lowest BCUT2D eigenvalue weighted by molar-refractivity contribution is 0.539. The molecule has 1 fully saturated rings. The Labute approximate surface area is 203 Å². The van der Waals surface area contributed by atoms with Crippen LogP contribution < -0.4 is 5.56 Å². The van der Waals surface area contributed by atoms with Crippen LogP contribution in [0.1, 0.15) is 36.9 Å². The van der Waals surface area contributed by atoms with Crippen molar-refractivity contribution < 1.29 is 0 Å². The van der Waals surface area contributed by atoms with Crippen molar-refractivity contribution in [3.63, 3.8) is 0 Å². The maximum Gasteiger partial charge on any atom is 0.250 e. The number of halogens is 1. The van der Waals surface area contributed by atoms with Gasteiger partial charge in [0.1, 0.15) is 6.07 Å². The van der Waals surface area contributed by atoms with Gasteiger partial charge >= 0.3 is 0 Å². The minimum absolute atomic E-state index is 0.0946. The Kier molecular flexibility index (Phi) is 6.04. The van der Waals surface area contributed by atoms with Gasteiger partial charge in [0.05, 0.1) is 22.5 Å². The molecule has 4 aromatic rings. The van der Waals surface area contributed by atoms with Crippen LogP contribution in [-0.4, -0.2) is 19.3 Å². The molecule has 1 aromatic carbocycles. The van der Waals surface area contributed by atoms with E-state index in [1.165, 1.54) is 25.7 Å². The van der Waals surface area contributed by atoms with Crippen LogP contribution in [0.4, 0.5) is 0 Å². The largest absolute Gasteiger partial charge is 0.318 e. The molecule has 0 bridgehead atoms. The van der Waals surface area contributed by atoms with Crippen LogP contribution in [0, 0.1) is 17.2 Å². The molecule has 0 spiro atoms. The van der Waals surface area contributed by atoms with E-state index in [-0.39, 0.29) is 5.56 Å². The smallest absolute Gasteiger partial charge is 0.250 e. The Morgan fingerprint density at radius 3 is 2.65 bits per heavy atom. The molecule has 0 atom stereocenters. The van der Waals surface area contributed by atoms with Gasteiger partial charge in [0.15, 0.2) is 0 Å². The molecule has 0 N–H and O–H groups in total. The molecule has 1 aliphatic carbocycles. The van der Waals surface area contributed by atoms with Crippen LogP contribution in [0.15, 0.2) is 66.0 Å². The van der Waals surface area contributed by atoms with E-state index in [1.54, 1.807) is 46.8 Å². The number of nitrogens with zero attached hydrogens (tertiary/aromatic N) is 5. The monoisotopic (exact) mass is 469 g/mol. The first-order chi connectivity index (χ1) is 16.5.